The van der Waals surface area contributed by atoms with Crippen LogP contribution in [0.2, 0.25) is 0 Å². The van der Waals surface area contributed by atoms with Gasteiger partial charge in [-0.1, -0.05) is 6.07 Å². The zero-order chi connectivity index (χ0) is 19.6. The molecule has 2 aliphatic rings. The van der Waals surface area contributed by atoms with Crippen LogP contribution in [-0.4, -0.2) is 50.3 Å². The number of likely N-dealkylation sites (tertiary alicyclic amines) is 2. The SMILES string of the molecule is Cc1cnc(CN2CC3(CCCN(Cc4ncccc4C)C3)CCC2=O)cn1. The zero-order valence-electron chi connectivity index (χ0n) is 16.9. The Morgan fingerprint density at radius 2 is 1.96 bits per heavy atom. The molecule has 148 valence electrons. The summed E-state index contributed by atoms with van der Waals surface area (Å²) in [6.45, 7) is 8.48. The van der Waals surface area contributed by atoms with Crippen LogP contribution in [0.15, 0.2) is 30.7 Å². The normalized spacial score (nSPS) is 23.4. The van der Waals surface area contributed by atoms with Gasteiger partial charge < -0.3 is 4.90 Å². The van der Waals surface area contributed by atoms with Crippen molar-refractivity contribution in [3.63, 3.8) is 0 Å². The number of aryl methyl sites for hydroxylation is 2. The second-order valence-electron chi connectivity index (χ2n) is 8.48. The van der Waals surface area contributed by atoms with Gasteiger partial charge in [0.05, 0.1) is 29.8 Å². The highest BCUT2D eigenvalue weighted by molar-refractivity contribution is 5.77. The smallest absolute Gasteiger partial charge is 0.222 e. The van der Waals surface area contributed by atoms with Crippen LogP contribution < -0.4 is 0 Å². The van der Waals surface area contributed by atoms with Crippen molar-refractivity contribution in [1.29, 1.82) is 0 Å². The quantitative estimate of drug-likeness (QED) is 0.817. The van der Waals surface area contributed by atoms with E-state index in [4.69, 9.17) is 0 Å². The van der Waals surface area contributed by atoms with Crippen molar-refractivity contribution in [1.82, 2.24) is 24.8 Å². The molecular weight excluding hydrogens is 350 g/mol. The molecule has 2 aromatic heterocycles. The third-order valence-corrected chi connectivity index (χ3v) is 6.17. The number of piperidine rings is 2. The topological polar surface area (TPSA) is 62.2 Å². The molecule has 2 fully saturated rings. The Kier molecular flexibility index (Phi) is 5.40. The highest BCUT2D eigenvalue weighted by Gasteiger charge is 2.41. The molecule has 4 rings (SSSR count). The Morgan fingerprint density at radius 1 is 1.07 bits per heavy atom. The van der Waals surface area contributed by atoms with Gasteiger partial charge in [0.2, 0.25) is 5.91 Å². The summed E-state index contributed by atoms with van der Waals surface area (Å²) in [5.74, 6) is 0.241. The van der Waals surface area contributed by atoms with Gasteiger partial charge >= 0.3 is 0 Å². The zero-order valence-corrected chi connectivity index (χ0v) is 16.9. The van der Waals surface area contributed by atoms with Gasteiger partial charge in [-0.3, -0.25) is 24.6 Å². The van der Waals surface area contributed by atoms with Gasteiger partial charge in [-0.2, -0.15) is 0 Å². The van der Waals surface area contributed by atoms with E-state index in [2.05, 4.69) is 32.8 Å². The third-order valence-electron chi connectivity index (χ3n) is 6.17. The lowest BCUT2D eigenvalue weighted by molar-refractivity contribution is -0.140. The fourth-order valence-electron chi connectivity index (χ4n) is 4.62. The van der Waals surface area contributed by atoms with Crippen LogP contribution in [0, 0.1) is 19.3 Å². The van der Waals surface area contributed by atoms with Crippen molar-refractivity contribution in [2.75, 3.05) is 19.6 Å². The monoisotopic (exact) mass is 379 g/mol. The van der Waals surface area contributed by atoms with Gasteiger partial charge in [0.1, 0.15) is 0 Å². The molecule has 2 saturated heterocycles. The van der Waals surface area contributed by atoms with E-state index >= 15 is 0 Å². The molecule has 2 aliphatic heterocycles. The van der Waals surface area contributed by atoms with Crippen molar-refractivity contribution in [2.45, 2.75) is 52.6 Å². The number of carbonyl (C=O) groups is 1. The van der Waals surface area contributed by atoms with Gasteiger partial charge in [-0.05, 0) is 51.3 Å². The minimum Gasteiger partial charge on any atom is -0.336 e. The second kappa shape index (κ2) is 7.95. The molecule has 28 heavy (non-hydrogen) atoms. The summed E-state index contributed by atoms with van der Waals surface area (Å²) in [5.41, 5.74) is 4.37. The van der Waals surface area contributed by atoms with Crippen molar-refractivity contribution in [3.05, 3.63) is 53.4 Å². The Balaban J connectivity index is 1.45. The van der Waals surface area contributed by atoms with Crippen molar-refractivity contribution < 1.29 is 4.79 Å². The summed E-state index contributed by atoms with van der Waals surface area (Å²) < 4.78 is 0. The van der Waals surface area contributed by atoms with Gasteiger partial charge in [0.25, 0.3) is 0 Å². The van der Waals surface area contributed by atoms with Crippen molar-refractivity contribution >= 4 is 5.91 Å². The molecule has 0 N–H and O–H groups in total. The number of nitrogens with zero attached hydrogens (tertiary/aromatic N) is 5. The van der Waals surface area contributed by atoms with Crippen LogP contribution in [0.4, 0.5) is 0 Å². The van der Waals surface area contributed by atoms with E-state index < -0.39 is 0 Å². The van der Waals surface area contributed by atoms with Crippen LogP contribution in [0.1, 0.15) is 48.3 Å². The molecule has 0 saturated carbocycles. The average Bonchev–Trinajstić information content (AvgIpc) is 2.69. The largest absolute Gasteiger partial charge is 0.336 e. The van der Waals surface area contributed by atoms with Gasteiger partial charge in [-0.15, -0.1) is 0 Å². The summed E-state index contributed by atoms with van der Waals surface area (Å²) in [7, 11) is 0. The number of rotatable bonds is 4. The minimum absolute atomic E-state index is 0.187. The van der Waals surface area contributed by atoms with Gasteiger partial charge in [0, 0.05) is 43.9 Å². The lowest BCUT2D eigenvalue weighted by Crippen LogP contribution is -2.53. The highest BCUT2D eigenvalue weighted by atomic mass is 16.2. The Bertz CT molecular complexity index is 837. The number of hydrogen-bond acceptors (Lipinski definition) is 5. The van der Waals surface area contributed by atoms with Crippen LogP contribution in [0.5, 0.6) is 0 Å². The number of carbonyl (C=O) groups excluding carboxylic acids is 1. The predicted molar refractivity (Wildman–Crippen MR) is 107 cm³/mol. The number of amides is 1. The maximum atomic E-state index is 12.6. The maximum Gasteiger partial charge on any atom is 0.222 e. The minimum atomic E-state index is 0.187. The molecule has 1 unspecified atom stereocenters. The van der Waals surface area contributed by atoms with Crippen LogP contribution in [-0.2, 0) is 17.9 Å². The first kappa shape index (κ1) is 19.0. The molecule has 6 heteroatoms. The molecule has 1 atom stereocenters. The van der Waals surface area contributed by atoms with Crippen LogP contribution >= 0.6 is 0 Å². The first-order valence-electron chi connectivity index (χ1n) is 10.2. The van der Waals surface area contributed by atoms with E-state index in [-0.39, 0.29) is 11.3 Å². The van der Waals surface area contributed by atoms with E-state index in [1.54, 1.807) is 12.4 Å². The number of aromatic nitrogens is 3. The van der Waals surface area contributed by atoms with Crippen LogP contribution in [0.3, 0.4) is 0 Å². The Labute approximate surface area is 167 Å². The molecule has 0 aliphatic carbocycles. The first-order valence-corrected chi connectivity index (χ1v) is 10.2. The van der Waals surface area contributed by atoms with Crippen LogP contribution in [0.25, 0.3) is 0 Å². The third kappa shape index (κ3) is 4.22. The average molecular weight is 380 g/mol. The molecule has 4 heterocycles. The number of hydrogen-bond donors (Lipinski definition) is 0. The molecule has 0 aromatic carbocycles. The maximum absolute atomic E-state index is 12.6. The highest BCUT2D eigenvalue weighted by Crippen LogP contribution is 2.39. The summed E-state index contributed by atoms with van der Waals surface area (Å²) in [5, 5.41) is 0. The fourth-order valence-corrected chi connectivity index (χ4v) is 4.62. The Morgan fingerprint density at radius 3 is 2.75 bits per heavy atom. The molecular formula is C22H29N5O. The van der Waals surface area contributed by atoms with E-state index in [1.165, 1.54) is 24.1 Å². The van der Waals surface area contributed by atoms with Crippen molar-refractivity contribution in [2.24, 2.45) is 5.41 Å². The van der Waals surface area contributed by atoms with Gasteiger partial charge in [-0.25, -0.2) is 0 Å². The molecule has 6 nitrogen and oxygen atoms in total. The summed E-state index contributed by atoms with van der Waals surface area (Å²) in [4.78, 5) is 30.4. The lowest BCUT2D eigenvalue weighted by Gasteiger charge is -2.48. The molecule has 2 aromatic rings. The van der Waals surface area contributed by atoms with E-state index in [9.17, 15) is 4.79 Å². The number of pyridine rings is 1. The lowest BCUT2D eigenvalue weighted by atomic mass is 9.73. The Hall–Kier alpha value is -2.34. The van der Waals surface area contributed by atoms with E-state index in [1.807, 2.05) is 24.1 Å². The summed E-state index contributed by atoms with van der Waals surface area (Å²) in [6.07, 6.45) is 9.44. The summed E-state index contributed by atoms with van der Waals surface area (Å²) in [6, 6.07) is 4.13. The second-order valence-corrected chi connectivity index (χ2v) is 8.48. The van der Waals surface area contributed by atoms with Gasteiger partial charge in [0.15, 0.2) is 0 Å². The fraction of sp³-hybridized carbons (Fsp3) is 0.545. The predicted octanol–water partition coefficient (Wildman–Crippen LogP) is 2.89. The molecule has 1 spiro atoms. The van der Waals surface area contributed by atoms with E-state index in [0.29, 0.717) is 13.0 Å². The summed E-state index contributed by atoms with van der Waals surface area (Å²) >= 11 is 0. The molecule has 1 amide bonds. The molecule has 0 radical (unpaired) electrons. The van der Waals surface area contributed by atoms with E-state index in [0.717, 1.165) is 44.0 Å². The van der Waals surface area contributed by atoms with Crippen molar-refractivity contribution in [3.8, 4) is 0 Å². The standard InChI is InChI=1S/C22H29N5O/c1-17-5-3-9-23-20(17)14-26-10-4-7-22(15-26)8-6-21(28)27(16-22)13-19-12-24-18(2)11-25-19/h3,5,9,11-12H,4,6-8,10,13-16H2,1-2H3. The molecule has 0 bridgehead atoms. The first-order chi connectivity index (χ1) is 13.5.